The standard InChI is InChI=1S/C12H10BF2NO2/c1-7-11(9(13(17)18)5-6-16-7)8-3-2-4-10(14)12(8)15/h2-6,17-18H,1H3. The topological polar surface area (TPSA) is 53.4 Å². The summed E-state index contributed by atoms with van der Waals surface area (Å²) in [6.07, 6.45) is 1.38. The van der Waals surface area contributed by atoms with Gasteiger partial charge in [-0.2, -0.15) is 0 Å². The third kappa shape index (κ3) is 2.12. The molecule has 1 aromatic carbocycles. The molecule has 0 atom stereocenters. The van der Waals surface area contributed by atoms with E-state index in [0.29, 0.717) is 5.69 Å². The first-order valence-electron chi connectivity index (χ1n) is 5.28. The van der Waals surface area contributed by atoms with Crippen molar-refractivity contribution in [1.29, 1.82) is 0 Å². The van der Waals surface area contributed by atoms with E-state index >= 15 is 0 Å². The zero-order valence-corrected chi connectivity index (χ0v) is 9.56. The highest BCUT2D eigenvalue weighted by atomic mass is 19.2. The average molecular weight is 249 g/mol. The Morgan fingerprint density at radius 2 is 1.89 bits per heavy atom. The number of pyridine rings is 1. The van der Waals surface area contributed by atoms with Crippen LogP contribution in [0, 0.1) is 18.6 Å². The van der Waals surface area contributed by atoms with E-state index in [2.05, 4.69) is 4.98 Å². The Morgan fingerprint density at radius 3 is 2.56 bits per heavy atom. The second-order valence-electron chi connectivity index (χ2n) is 3.84. The van der Waals surface area contributed by atoms with Gasteiger partial charge < -0.3 is 10.0 Å². The van der Waals surface area contributed by atoms with Crippen LogP contribution in [0.4, 0.5) is 8.78 Å². The highest BCUT2D eigenvalue weighted by molar-refractivity contribution is 6.60. The van der Waals surface area contributed by atoms with Gasteiger partial charge in [0.25, 0.3) is 0 Å². The van der Waals surface area contributed by atoms with Gasteiger partial charge in [-0.25, -0.2) is 8.78 Å². The van der Waals surface area contributed by atoms with E-state index in [1.54, 1.807) is 6.92 Å². The molecule has 92 valence electrons. The number of nitrogens with zero attached hydrogens (tertiary/aromatic N) is 1. The Labute approximate surface area is 103 Å². The lowest BCUT2D eigenvalue weighted by molar-refractivity contribution is 0.426. The summed E-state index contributed by atoms with van der Waals surface area (Å²) in [5.74, 6) is -2.02. The van der Waals surface area contributed by atoms with Crippen molar-refractivity contribution in [2.24, 2.45) is 0 Å². The van der Waals surface area contributed by atoms with Gasteiger partial charge >= 0.3 is 7.12 Å². The van der Waals surface area contributed by atoms with E-state index in [1.165, 1.54) is 24.4 Å². The van der Waals surface area contributed by atoms with Crippen LogP contribution in [0.5, 0.6) is 0 Å². The smallest absolute Gasteiger partial charge is 0.423 e. The van der Waals surface area contributed by atoms with E-state index < -0.39 is 18.8 Å². The van der Waals surface area contributed by atoms with Gasteiger partial charge in [0, 0.05) is 23.0 Å². The molecular formula is C12H10BF2NO2. The van der Waals surface area contributed by atoms with Crippen molar-refractivity contribution in [2.75, 3.05) is 0 Å². The molecule has 2 aromatic rings. The molecule has 3 nitrogen and oxygen atoms in total. The Bertz CT molecular complexity index is 590. The maximum Gasteiger partial charge on any atom is 0.489 e. The molecule has 1 heterocycles. The molecule has 1 aromatic heterocycles. The maximum absolute atomic E-state index is 13.7. The lowest BCUT2D eigenvalue weighted by atomic mass is 9.75. The van der Waals surface area contributed by atoms with E-state index in [9.17, 15) is 18.8 Å². The predicted molar refractivity (Wildman–Crippen MR) is 64.2 cm³/mol. The van der Waals surface area contributed by atoms with Crippen LogP contribution >= 0.6 is 0 Å². The van der Waals surface area contributed by atoms with Gasteiger partial charge in [0.1, 0.15) is 0 Å². The number of hydrogen-bond donors (Lipinski definition) is 2. The molecule has 0 saturated heterocycles. The van der Waals surface area contributed by atoms with Crippen molar-refractivity contribution in [1.82, 2.24) is 4.98 Å². The molecule has 0 spiro atoms. The molecule has 0 amide bonds. The quantitative estimate of drug-likeness (QED) is 0.781. The summed E-state index contributed by atoms with van der Waals surface area (Å²) in [7, 11) is -1.77. The van der Waals surface area contributed by atoms with Crippen molar-refractivity contribution in [3.63, 3.8) is 0 Å². The average Bonchev–Trinajstić information content (AvgIpc) is 2.33. The maximum atomic E-state index is 13.7. The Morgan fingerprint density at radius 1 is 1.17 bits per heavy atom. The summed E-state index contributed by atoms with van der Waals surface area (Å²) in [6, 6.07) is 5.08. The number of hydrogen-bond acceptors (Lipinski definition) is 3. The third-order valence-corrected chi connectivity index (χ3v) is 2.67. The molecule has 0 saturated carbocycles. The molecule has 0 aliphatic rings. The fourth-order valence-electron chi connectivity index (χ4n) is 1.85. The molecule has 0 aliphatic carbocycles. The lowest BCUT2D eigenvalue weighted by Crippen LogP contribution is -2.32. The van der Waals surface area contributed by atoms with Gasteiger partial charge in [-0.15, -0.1) is 0 Å². The normalized spacial score (nSPS) is 10.5. The van der Waals surface area contributed by atoms with Crippen molar-refractivity contribution >= 4 is 12.6 Å². The van der Waals surface area contributed by atoms with Crippen LogP contribution in [0.1, 0.15) is 5.69 Å². The lowest BCUT2D eigenvalue weighted by Gasteiger charge is -2.12. The Hall–Kier alpha value is -1.79. The molecule has 2 rings (SSSR count). The van der Waals surface area contributed by atoms with Gasteiger partial charge in [0.2, 0.25) is 0 Å². The summed E-state index contributed by atoms with van der Waals surface area (Å²) < 4.78 is 27.0. The number of rotatable bonds is 2. The zero-order chi connectivity index (χ0) is 13.3. The van der Waals surface area contributed by atoms with Crippen LogP contribution in [0.25, 0.3) is 11.1 Å². The van der Waals surface area contributed by atoms with E-state index in [0.717, 1.165) is 6.07 Å². The molecular weight excluding hydrogens is 239 g/mol. The van der Waals surface area contributed by atoms with Gasteiger partial charge in [0.15, 0.2) is 11.6 Å². The first-order chi connectivity index (χ1) is 8.52. The van der Waals surface area contributed by atoms with Gasteiger partial charge in [-0.05, 0) is 24.5 Å². The first kappa shape index (κ1) is 12.7. The number of aromatic nitrogens is 1. The van der Waals surface area contributed by atoms with E-state index in [4.69, 9.17) is 0 Å². The predicted octanol–water partition coefficient (Wildman–Crippen LogP) is 1.02. The molecule has 2 N–H and O–H groups in total. The van der Waals surface area contributed by atoms with Crippen molar-refractivity contribution in [3.8, 4) is 11.1 Å². The minimum Gasteiger partial charge on any atom is -0.423 e. The van der Waals surface area contributed by atoms with Gasteiger partial charge in [-0.1, -0.05) is 12.1 Å². The monoisotopic (exact) mass is 249 g/mol. The third-order valence-electron chi connectivity index (χ3n) is 2.67. The molecule has 0 bridgehead atoms. The Balaban J connectivity index is 2.74. The number of halogens is 2. The second-order valence-corrected chi connectivity index (χ2v) is 3.84. The van der Waals surface area contributed by atoms with Crippen LogP contribution in [0.15, 0.2) is 30.5 Å². The van der Waals surface area contributed by atoms with Crippen LogP contribution in [0.3, 0.4) is 0 Å². The molecule has 0 aliphatic heterocycles. The molecule has 0 radical (unpaired) electrons. The van der Waals surface area contributed by atoms with Crippen molar-refractivity contribution < 1.29 is 18.8 Å². The van der Waals surface area contributed by atoms with Crippen LogP contribution in [-0.2, 0) is 0 Å². The van der Waals surface area contributed by atoms with Crippen molar-refractivity contribution in [3.05, 3.63) is 47.8 Å². The van der Waals surface area contributed by atoms with E-state index in [-0.39, 0.29) is 16.6 Å². The van der Waals surface area contributed by atoms with Crippen molar-refractivity contribution in [2.45, 2.75) is 6.92 Å². The highest BCUT2D eigenvalue weighted by Gasteiger charge is 2.22. The highest BCUT2D eigenvalue weighted by Crippen LogP contribution is 2.25. The number of benzene rings is 1. The van der Waals surface area contributed by atoms with Crippen LogP contribution in [-0.4, -0.2) is 22.2 Å². The number of aryl methyl sites for hydroxylation is 1. The second kappa shape index (κ2) is 4.84. The molecule has 18 heavy (non-hydrogen) atoms. The first-order valence-corrected chi connectivity index (χ1v) is 5.28. The van der Waals surface area contributed by atoms with E-state index in [1.807, 2.05) is 0 Å². The SMILES string of the molecule is Cc1nccc(B(O)O)c1-c1cccc(F)c1F. The summed E-state index contributed by atoms with van der Waals surface area (Å²) in [4.78, 5) is 3.96. The van der Waals surface area contributed by atoms with Gasteiger partial charge in [0.05, 0.1) is 0 Å². The zero-order valence-electron chi connectivity index (χ0n) is 9.56. The summed E-state index contributed by atoms with van der Waals surface area (Å²) in [5.41, 5.74) is 0.644. The van der Waals surface area contributed by atoms with Crippen LogP contribution < -0.4 is 5.46 Å². The molecule has 0 unspecified atom stereocenters. The Kier molecular flexibility index (Phi) is 3.40. The van der Waals surface area contributed by atoms with Crippen LogP contribution in [0.2, 0.25) is 0 Å². The fraction of sp³-hybridized carbons (Fsp3) is 0.0833. The fourth-order valence-corrected chi connectivity index (χ4v) is 1.85. The minimum atomic E-state index is -1.77. The molecule has 0 fully saturated rings. The summed E-state index contributed by atoms with van der Waals surface area (Å²) >= 11 is 0. The summed E-state index contributed by atoms with van der Waals surface area (Å²) in [6.45, 7) is 1.59. The minimum absolute atomic E-state index is 0.0382. The summed E-state index contributed by atoms with van der Waals surface area (Å²) in [5, 5.41) is 18.5. The molecule has 6 heteroatoms. The van der Waals surface area contributed by atoms with Gasteiger partial charge in [-0.3, -0.25) is 4.98 Å². The largest absolute Gasteiger partial charge is 0.489 e.